The lowest BCUT2D eigenvalue weighted by atomic mass is 9.76. The summed E-state index contributed by atoms with van der Waals surface area (Å²) < 4.78 is 59.4. The Bertz CT molecular complexity index is 6150. The Labute approximate surface area is 817 Å². The molecule has 0 atom stereocenters. The van der Waals surface area contributed by atoms with E-state index in [2.05, 4.69) is 207 Å². The minimum atomic E-state index is -2.20. The average molecular weight is 2110 g/mol. The molecule has 18 heterocycles. The standard InChI is InChI=1S/C27H33N5O2S.C18H15BrN4OS.C14H18BNO2.C14H7BrClN3S.C9H18BF2NO.C6HBrCl2N2S.C4H9NO.FH/c1-27(2,33)19-7-10-31(11-8-19)16-18-17-35-25-23(18)29-26(32-12-14-34-15-13-32)30-24(25)21-6-9-28-22-5-3-4-20(21)22;19-13-10-25-17-15(12-4-5-20-14-3-1-2-11(12)14)21-18(22-16(13)17)23-6-8-24-9-7-23;1-13(2)14(3,4)18-15(17-13)11-8-9-16-12-7-5-6-10(11)12;15-9-6-20-13-11(18-14(16)19-12(9)13)8-4-5-17-10-3-1-2-7(8)10;1-9(2,14)8-3-5-13(6-4-8)7-10(11)12;7-2-1-12-4-3(2)10-6(9)11-5(4)8;1-3-6-4-2-5-1;/h3-4,6,9,17,19,33H,5,7-8,10-16H2,1-2H3;1-2,4-5,10H,3,6-9H2;5-6,8-9H,7H2,1-4H3;1-2,4-6H,3H2;8,14H,3-7H2,1-2H3;1H;5H,1-4H2;1H. The molecule has 24 nitrogen and oxygen atoms in total. The maximum atomic E-state index is 12.1. The van der Waals surface area contributed by atoms with Crippen molar-refractivity contribution in [1.29, 1.82) is 0 Å². The molecule has 4 aliphatic carbocycles. The summed E-state index contributed by atoms with van der Waals surface area (Å²) in [5.74, 6) is 2.20. The lowest BCUT2D eigenvalue weighted by Crippen LogP contribution is -3.14. The van der Waals surface area contributed by atoms with Crippen molar-refractivity contribution in [3.05, 3.63) is 175 Å². The summed E-state index contributed by atoms with van der Waals surface area (Å²) in [5, 5.41) is 32.5. The van der Waals surface area contributed by atoms with Crippen LogP contribution in [-0.4, -0.2) is 223 Å². The number of quaternary nitrogens is 1. The van der Waals surface area contributed by atoms with Crippen LogP contribution in [0.25, 0.3) is 98.9 Å². The Morgan fingerprint density at radius 3 is 1.34 bits per heavy atom. The number of thiophene rings is 4. The number of ether oxygens (including phenoxy) is 3. The number of piperidine rings is 2. The van der Waals surface area contributed by atoms with Gasteiger partial charge in [0, 0.05) is 164 Å². The van der Waals surface area contributed by atoms with Crippen molar-refractivity contribution in [2.24, 2.45) is 11.8 Å². The molecule has 0 amide bonds. The Morgan fingerprint density at radius 1 is 0.504 bits per heavy atom. The van der Waals surface area contributed by atoms with Crippen LogP contribution in [0.3, 0.4) is 0 Å². The van der Waals surface area contributed by atoms with E-state index in [-0.39, 0.29) is 46.0 Å². The summed E-state index contributed by atoms with van der Waals surface area (Å²) in [7, 11) is -2.50. The molecule has 6 aliphatic heterocycles. The molecule has 0 aromatic carbocycles. The lowest BCUT2D eigenvalue weighted by molar-refractivity contribution is -0.897. The van der Waals surface area contributed by atoms with Gasteiger partial charge in [0.1, 0.15) is 23.0 Å². The number of likely N-dealkylation sites (tertiary alicyclic amines) is 2. The van der Waals surface area contributed by atoms with Gasteiger partial charge in [-0.3, -0.25) is 33.5 Å². The number of aromatic nitrogens is 12. The summed E-state index contributed by atoms with van der Waals surface area (Å²) in [6, 6.07) is 8.14. The number of morpholine rings is 3. The molecular weight excluding hydrogens is 2010 g/mol. The van der Waals surface area contributed by atoms with Gasteiger partial charge in [-0.2, -0.15) is 0 Å². The van der Waals surface area contributed by atoms with Crippen LogP contribution in [0.4, 0.5) is 20.5 Å². The third kappa shape index (κ3) is 23.4. The first-order valence-electron chi connectivity index (χ1n) is 43.8. The van der Waals surface area contributed by atoms with Crippen molar-refractivity contribution in [2.45, 2.75) is 136 Å². The monoisotopic (exact) mass is 2110 g/mol. The normalized spacial score (nSPS) is 18.8. The van der Waals surface area contributed by atoms with Crippen molar-refractivity contribution in [3.63, 3.8) is 0 Å². The Balaban J connectivity index is 0.000000122. The fourth-order valence-corrected chi connectivity index (χ4v) is 23.4. The predicted molar refractivity (Wildman–Crippen MR) is 535 cm³/mol. The number of nitrogens with zero attached hydrogens (tertiary/aromatic N) is 15. The van der Waals surface area contributed by atoms with Gasteiger partial charge in [-0.25, -0.2) is 39.9 Å². The van der Waals surface area contributed by atoms with E-state index in [0.717, 1.165) is 294 Å². The summed E-state index contributed by atoms with van der Waals surface area (Å²) in [4.78, 5) is 62.5. The van der Waals surface area contributed by atoms with Crippen molar-refractivity contribution in [3.8, 4) is 33.8 Å². The van der Waals surface area contributed by atoms with E-state index in [1.54, 1.807) is 47.9 Å². The van der Waals surface area contributed by atoms with Gasteiger partial charge in [-0.05, 0) is 205 Å². The molecule has 12 aromatic rings. The van der Waals surface area contributed by atoms with Gasteiger partial charge in [-0.15, -0.1) is 45.3 Å². The highest BCUT2D eigenvalue weighted by atomic mass is 79.9. The zero-order chi connectivity index (χ0) is 91.2. The van der Waals surface area contributed by atoms with Gasteiger partial charge in [-0.1, -0.05) is 60.2 Å². The molecule has 4 N–H and O–H groups in total. The van der Waals surface area contributed by atoms with Crippen LogP contribution in [0, 0.1) is 11.8 Å². The van der Waals surface area contributed by atoms with Crippen LogP contribution in [-0.2, 0) is 55.7 Å². The largest absolute Gasteiger partial charge is 1.00 e. The van der Waals surface area contributed by atoms with E-state index in [1.807, 2.05) is 61.5 Å². The van der Waals surface area contributed by atoms with Gasteiger partial charge in [0.2, 0.25) is 22.5 Å². The first kappa shape index (κ1) is 98.7. The maximum Gasteiger partial charge on any atom is 0.592 e. The summed E-state index contributed by atoms with van der Waals surface area (Å²) >= 11 is 34.6. The fraction of sp³-hybridized carbons (Fsp3) is 0.435. The number of nitrogens with one attached hydrogen (secondary N) is 2. The van der Waals surface area contributed by atoms with E-state index < -0.39 is 18.5 Å². The number of anilines is 2. The van der Waals surface area contributed by atoms with E-state index in [4.69, 9.17) is 78.3 Å². The van der Waals surface area contributed by atoms with Crippen LogP contribution < -0.4 is 30.2 Å². The van der Waals surface area contributed by atoms with Crippen LogP contribution >= 0.6 is 128 Å². The predicted octanol–water partition coefficient (Wildman–Crippen LogP) is 15.1. The molecule has 12 aromatic heterocycles. The second kappa shape index (κ2) is 43.7. The molecule has 0 radical (unpaired) electrons. The van der Waals surface area contributed by atoms with Gasteiger partial charge in [0.05, 0.1) is 153 Å². The molecule has 22 rings (SSSR count). The quantitative estimate of drug-likeness (QED) is 0.0503. The zero-order valence-electron chi connectivity index (χ0n) is 73.9. The summed E-state index contributed by atoms with van der Waals surface area (Å²) in [5.41, 5.74) is 19.5. The number of hydrogen-bond acceptors (Lipinski definition) is 27. The van der Waals surface area contributed by atoms with Crippen LogP contribution in [0.2, 0.25) is 15.7 Å². The van der Waals surface area contributed by atoms with E-state index >= 15 is 0 Å². The highest BCUT2D eigenvalue weighted by Crippen LogP contribution is 2.45. The molecule has 0 bridgehead atoms. The minimum Gasteiger partial charge on any atom is -1.00 e. The number of rotatable bonds is 12. The SMILES string of the molecule is Brc1csc2c(-c3ccnc4c3C=CC4)nc(N3CCOCC3)nc12.C1COCCN1.CC(C)(O)C1CCN(Cc2csc3c(-c4ccnc5c4C=CC5)nc(N4CCOCC4)nc23)CC1.CC(C)(O)C1CC[NH+](CB(F)F)CC1.CC1(C)OB(c2ccnc3c2C=CC3)OC1(C)C.Clc1nc(-c2ccnc3c2C=CC3)c2scc(Br)c2n1.Clc1nc(Cl)c2scc(Br)c2n1.[F-]. The molecule has 6 saturated heterocycles. The highest BCUT2D eigenvalue weighted by molar-refractivity contribution is 9.11. The molecule has 131 heavy (non-hydrogen) atoms. The highest BCUT2D eigenvalue weighted by Gasteiger charge is 2.52. The molecule has 690 valence electrons. The Hall–Kier alpha value is -6.85. The topological polar surface area (TPSA) is 267 Å². The number of aliphatic hydroxyl groups is 2. The number of pyridine rings is 4. The van der Waals surface area contributed by atoms with Crippen molar-refractivity contribution in [2.75, 3.05) is 121 Å². The Morgan fingerprint density at radius 2 is 0.893 bits per heavy atom. The summed E-state index contributed by atoms with van der Waals surface area (Å²) in [6.07, 6.45) is 31.9. The second-order valence-corrected chi connectivity index (χ2v) is 42.2. The number of allylic oxidation sites excluding steroid dienone is 4. The molecule has 0 unspecified atom stereocenters. The Kier molecular flexibility index (Phi) is 32.9. The van der Waals surface area contributed by atoms with Gasteiger partial charge in [0.15, 0.2) is 5.15 Å². The van der Waals surface area contributed by atoms with Crippen LogP contribution in [0.15, 0.2) is 108 Å². The first-order valence-corrected chi connectivity index (χ1v) is 50.8. The molecule has 10 aliphatic rings. The molecule has 6 fully saturated rings. The third-order valence-corrected chi connectivity index (χ3v) is 32.4. The average Bonchev–Trinajstić information content (AvgIpc) is 1.60. The molecule has 0 saturated carbocycles. The maximum absolute atomic E-state index is 12.1. The smallest absolute Gasteiger partial charge is 0.592 e. The van der Waals surface area contributed by atoms with Gasteiger partial charge in [0.25, 0.3) is 0 Å². The van der Waals surface area contributed by atoms with Gasteiger partial charge >= 0.3 is 14.4 Å². The molecule has 0 spiro atoms. The van der Waals surface area contributed by atoms with Crippen LogP contribution in [0.1, 0.15) is 132 Å². The van der Waals surface area contributed by atoms with Crippen LogP contribution in [0.5, 0.6) is 0 Å². The van der Waals surface area contributed by atoms with Crippen molar-refractivity contribution >= 4 is 225 Å². The summed E-state index contributed by atoms with van der Waals surface area (Å²) in [6.45, 7) is 30.1. The zero-order valence-corrected chi connectivity index (χ0v) is 84.2. The van der Waals surface area contributed by atoms with E-state index in [9.17, 15) is 18.8 Å². The van der Waals surface area contributed by atoms with Gasteiger partial charge < -0.3 is 58.5 Å². The lowest BCUT2D eigenvalue weighted by Gasteiger charge is -2.37. The molecule has 39 heteroatoms. The van der Waals surface area contributed by atoms with E-state index in [1.165, 1.54) is 28.0 Å². The first-order chi connectivity index (χ1) is 62.5. The number of halogens is 9. The fourth-order valence-electron chi connectivity index (χ4n) is 17.1. The van der Waals surface area contributed by atoms with Crippen molar-refractivity contribution in [1.82, 2.24) is 70.0 Å². The number of hydrogen-bond donors (Lipinski definition) is 4. The minimum absolute atomic E-state index is 0. The number of fused-ring (bicyclic) bond motifs is 8. The van der Waals surface area contributed by atoms with E-state index in [0.29, 0.717) is 24.3 Å². The van der Waals surface area contributed by atoms with Crippen molar-refractivity contribution < 1.29 is 52.0 Å². The molecular formula is C92H102B2Br3Cl3F3N17O7S4. The second-order valence-electron chi connectivity index (χ2n) is 35.1. The third-order valence-electron chi connectivity index (χ3n) is 25.0.